The van der Waals surface area contributed by atoms with Crippen molar-refractivity contribution in [2.75, 3.05) is 37.6 Å². The van der Waals surface area contributed by atoms with Gasteiger partial charge in [-0.3, -0.25) is 4.79 Å². The summed E-state index contributed by atoms with van der Waals surface area (Å²) in [5.74, 6) is -0.0943. The number of hydrogen-bond donors (Lipinski definition) is 2. The first kappa shape index (κ1) is 19.9. The molecule has 1 aliphatic carbocycles. The van der Waals surface area contributed by atoms with Gasteiger partial charge in [-0.25, -0.2) is 4.39 Å². The first-order chi connectivity index (χ1) is 14.1. The Hall–Kier alpha value is -2.40. The highest BCUT2D eigenvalue weighted by atomic mass is 19.1. The number of rotatable bonds is 5. The Morgan fingerprint density at radius 2 is 1.76 bits per heavy atom. The van der Waals surface area contributed by atoms with E-state index >= 15 is 0 Å². The second kappa shape index (κ2) is 8.95. The van der Waals surface area contributed by atoms with Gasteiger partial charge in [-0.15, -0.1) is 0 Å². The van der Waals surface area contributed by atoms with E-state index in [2.05, 4.69) is 35.3 Å². The van der Waals surface area contributed by atoms with Gasteiger partial charge in [0.2, 0.25) is 0 Å². The number of carbonyl (C=O) groups is 1. The highest BCUT2D eigenvalue weighted by Gasteiger charge is 2.23. The summed E-state index contributed by atoms with van der Waals surface area (Å²) in [5.41, 5.74) is 5.19. The molecular formula is C24H31FN3O+. The molecule has 1 amide bonds. The third kappa shape index (κ3) is 4.96. The van der Waals surface area contributed by atoms with Crippen LogP contribution in [0.25, 0.3) is 0 Å². The van der Waals surface area contributed by atoms with Crippen LogP contribution in [0.5, 0.6) is 0 Å². The molecule has 5 heteroatoms. The second-order valence-electron chi connectivity index (χ2n) is 8.41. The summed E-state index contributed by atoms with van der Waals surface area (Å²) in [7, 11) is 0. The van der Waals surface area contributed by atoms with Gasteiger partial charge in [0.1, 0.15) is 5.82 Å². The van der Waals surface area contributed by atoms with Crippen LogP contribution in [-0.2, 0) is 17.6 Å². The van der Waals surface area contributed by atoms with Crippen LogP contribution in [-0.4, -0.2) is 38.6 Å². The highest BCUT2D eigenvalue weighted by Crippen LogP contribution is 2.24. The molecule has 0 aromatic heterocycles. The lowest BCUT2D eigenvalue weighted by Crippen LogP contribution is -3.15. The Morgan fingerprint density at radius 3 is 2.48 bits per heavy atom. The molecule has 1 aliphatic heterocycles. The van der Waals surface area contributed by atoms with Crippen LogP contribution in [0.15, 0.2) is 42.5 Å². The van der Waals surface area contributed by atoms with Gasteiger partial charge in [-0.1, -0.05) is 18.2 Å². The van der Waals surface area contributed by atoms with E-state index in [1.807, 2.05) is 12.1 Å². The molecule has 4 rings (SSSR count). The molecule has 0 radical (unpaired) electrons. The van der Waals surface area contributed by atoms with E-state index in [0.717, 1.165) is 38.3 Å². The van der Waals surface area contributed by atoms with Crippen molar-refractivity contribution >= 4 is 11.6 Å². The van der Waals surface area contributed by atoms with E-state index < -0.39 is 0 Å². The predicted molar refractivity (Wildman–Crippen MR) is 114 cm³/mol. The molecule has 1 heterocycles. The summed E-state index contributed by atoms with van der Waals surface area (Å²) < 4.78 is 13.1. The van der Waals surface area contributed by atoms with Crippen LogP contribution in [0, 0.1) is 5.82 Å². The fourth-order valence-electron chi connectivity index (χ4n) is 4.54. The number of fused-ring (bicyclic) bond motifs is 1. The van der Waals surface area contributed by atoms with Gasteiger partial charge in [0.25, 0.3) is 5.91 Å². The number of nitrogens with one attached hydrogen (secondary N) is 2. The van der Waals surface area contributed by atoms with Gasteiger partial charge in [0.15, 0.2) is 6.54 Å². The topological polar surface area (TPSA) is 36.8 Å². The van der Waals surface area contributed by atoms with E-state index in [-0.39, 0.29) is 17.8 Å². The first-order valence-corrected chi connectivity index (χ1v) is 10.8. The third-order valence-corrected chi connectivity index (χ3v) is 6.32. The molecule has 1 atom stereocenters. The maximum atomic E-state index is 13.1. The van der Waals surface area contributed by atoms with Gasteiger partial charge in [0, 0.05) is 5.69 Å². The summed E-state index contributed by atoms with van der Waals surface area (Å²) in [6, 6.07) is 13.4. The number of anilines is 1. The molecule has 2 N–H and O–H groups in total. The number of piperazine rings is 1. The van der Waals surface area contributed by atoms with Crippen LogP contribution < -0.4 is 15.1 Å². The Kier molecular flexibility index (Phi) is 6.14. The molecule has 2 aromatic carbocycles. The number of nitrogens with zero attached hydrogens (tertiary/aromatic N) is 1. The summed E-state index contributed by atoms with van der Waals surface area (Å²) in [4.78, 5) is 16.2. The fourth-order valence-corrected chi connectivity index (χ4v) is 4.54. The van der Waals surface area contributed by atoms with Crippen molar-refractivity contribution in [3.8, 4) is 0 Å². The van der Waals surface area contributed by atoms with Gasteiger partial charge in [0.05, 0.1) is 32.2 Å². The number of quaternary nitrogens is 1. The molecule has 1 saturated heterocycles. The summed E-state index contributed by atoms with van der Waals surface area (Å²) in [6.07, 6.45) is 4.90. The van der Waals surface area contributed by atoms with E-state index in [1.54, 1.807) is 0 Å². The van der Waals surface area contributed by atoms with Crippen LogP contribution in [0.4, 0.5) is 10.1 Å². The highest BCUT2D eigenvalue weighted by molar-refractivity contribution is 5.77. The van der Waals surface area contributed by atoms with Crippen molar-refractivity contribution in [2.45, 2.75) is 38.6 Å². The largest absolute Gasteiger partial charge is 0.360 e. The monoisotopic (exact) mass is 396 g/mol. The number of hydrogen-bond acceptors (Lipinski definition) is 2. The molecular weight excluding hydrogens is 365 g/mol. The van der Waals surface area contributed by atoms with Crippen molar-refractivity contribution in [2.24, 2.45) is 0 Å². The molecule has 1 fully saturated rings. The van der Waals surface area contributed by atoms with Crippen LogP contribution in [0.1, 0.15) is 42.5 Å². The molecule has 2 aliphatic rings. The van der Waals surface area contributed by atoms with Crippen LogP contribution >= 0.6 is 0 Å². The minimum atomic E-state index is -0.206. The average molecular weight is 397 g/mol. The van der Waals surface area contributed by atoms with Crippen molar-refractivity contribution in [3.63, 3.8) is 0 Å². The summed E-state index contributed by atoms with van der Waals surface area (Å²) in [5, 5.41) is 3.18. The van der Waals surface area contributed by atoms with Crippen molar-refractivity contribution in [1.82, 2.24) is 5.32 Å². The Bertz CT molecular complexity index is 844. The summed E-state index contributed by atoms with van der Waals surface area (Å²) >= 11 is 0. The fraction of sp³-hybridized carbons (Fsp3) is 0.458. The standard InChI is InChI=1S/C24H30FN3O/c1-18(20-7-6-19-4-2-3-5-21(19)16-20)26-24(29)17-27-12-14-28(15-13-27)23-10-8-22(25)9-11-23/h6-11,16,18H,2-5,12-15,17H2,1H3,(H,26,29)/p+1/t18-/m1/s1. The molecule has 0 spiro atoms. The maximum Gasteiger partial charge on any atom is 0.275 e. The van der Waals surface area contributed by atoms with E-state index in [4.69, 9.17) is 0 Å². The Balaban J connectivity index is 1.26. The SMILES string of the molecule is C[C@@H](NC(=O)C[NH+]1CCN(c2ccc(F)cc2)CC1)c1ccc2c(c1)CCCC2. The molecule has 0 unspecified atom stereocenters. The lowest BCUT2D eigenvalue weighted by atomic mass is 9.89. The van der Waals surface area contributed by atoms with E-state index in [9.17, 15) is 9.18 Å². The zero-order valence-corrected chi connectivity index (χ0v) is 17.2. The number of amides is 1. The maximum absolute atomic E-state index is 13.1. The molecule has 4 nitrogen and oxygen atoms in total. The van der Waals surface area contributed by atoms with E-state index in [0.29, 0.717) is 6.54 Å². The number of aryl methyl sites for hydroxylation is 2. The minimum absolute atomic E-state index is 0.0367. The quantitative estimate of drug-likeness (QED) is 0.814. The minimum Gasteiger partial charge on any atom is -0.360 e. The van der Waals surface area contributed by atoms with Gasteiger partial charge in [-0.05, 0) is 73.6 Å². The van der Waals surface area contributed by atoms with Crippen molar-refractivity contribution in [1.29, 1.82) is 0 Å². The zero-order valence-electron chi connectivity index (χ0n) is 17.2. The summed E-state index contributed by atoms with van der Waals surface area (Å²) in [6.45, 7) is 6.18. The Morgan fingerprint density at radius 1 is 1.07 bits per heavy atom. The van der Waals surface area contributed by atoms with Crippen molar-refractivity contribution < 1.29 is 14.1 Å². The van der Waals surface area contributed by atoms with Crippen molar-refractivity contribution in [3.05, 3.63) is 65.0 Å². The van der Waals surface area contributed by atoms with Gasteiger partial charge in [-0.2, -0.15) is 0 Å². The Labute approximate surface area is 172 Å². The average Bonchev–Trinajstić information content (AvgIpc) is 2.74. The molecule has 0 saturated carbocycles. The van der Waals surface area contributed by atoms with Gasteiger partial charge >= 0.3 is 0 Å². The predicted octanol–water partition coefficient (Wildman–Crippen LogP) is 2.29. The van der Waals surface area contributed by atoms with Crippen LogP contribution in [0.3, 0.4) is 0 Å². The smallest absolute Gasteiger partial charge is 0.275 e. The van der Waals surface area contributed by atoms with Crippen LogP contribution in [0.2, 0.25) is 0 Å². The number of halogens is 1. The van der Waals surface area contributed by atoms with Gasteiger partial charge < -0.3 is 15.1 Å². The number of carbonyl (C=O) groups excluding carboxylic acids is 1. The lowest BCUT2D eigenvalue weighted by Gasteiger charge is -2.33. The third-order valence-electron chi connectivity index (χ3n) is 6.32. The molecule has 2 aromatic rings. The number of benzene rings is 2. The molecule has 29 heavy (non-hydrogen) atoms. The normalized spacial score (nSPS) is 18.2. The molecule has 154 valence electrons. The van der Waals surface area contributed by atoms with E-state index in [1.165, 1.54) is 53.0 Å². The second-order valence-corrected chi connectivity index (χ2v) is 8.41. The first-order valence-electron chi connectivity index (χ1n) is 10.8. The lowest BCUT2D eigenvalue weighted by molar-refractivity contribution is -0.892. The molecule has 0 bridgehead atoms. The zero-order chi connectivity index (χ0) is 20.2.